The van der Waals surface area contributed by atoms with Crippen LogP contribution >= 0.6 is 0 Å². The fraction of sp³-hybridized carbons (Fsp3) is 0.188. The van der Waals surface area contributed by atoms with Gasteiger partial charge in [-0.1, -0.05) is 42.5 Å². The summed E-state index contributed by atoms with van der Waals surface area (Å²) < 4.78 is 0. The molecule has 0 bridgehead atoms. The Labute approximate surface area is 112 Å². The zero-order valence-corrected chi connectivity index (χ0v) is 10.5. The molecule has 1 aliphatic carbocycles. The maximum absolute atomic E-state index is 11.7. The molecular formula is C16H16N2O. The molecule has 1 amide bonds. The summed E-state index contributed by atoms with van der Waals surface area (Å²) >= 11 is 0. The third-order valence-electron chi connectivity index (χ3n) is 3.66. The summed E-state index contributed by atoms with van der Waals surface area (Å²) in [5.41, 5.74) is 8.86. The molecule has 3 nitrogen and oxygen atoms in total. The zero-order valence-electron chi connectivity index (χ0n) is 10.5. The van der Waals surface area contributed by atoms with Crippen LogP contribution in [0.25, 0.3) is 0 Å². The van der Waals surface area contributed by atoms with Crippen molar-refractivity contribution < 1.29 is 4.79 Å². The maximum Gasteiger partial charge on any atom is 0.227 e. The number of benzene rings is 2. The Hall–Kier alpha value is -2.29. The van der Waals surface area contributed by atoms with E-state index in [0.717, 1.165) is 17.7 Å². The number of nitrogens with one attached hydrogen (secondary N) is 1. The van der Waals surface area contributed by atoms with E-state index in [4.69, 9.17) is 5.73 Å². The van der Waals surface area contributed by atoms with E-state index < -0.39 is 0 Å². The minimum Gasteiger partial charge on any atom is -0.381 e. The van der Waals surface area contributed by atoms with Crippen molar-refractivity contribution in [3.05, 3.63) is 65.7 Å². The van der Waals surface area contributed by atoms with Crippen molar-refractivity contribution in [3.8, 4) is 0 Å². The van der Waals surface area contributed by atoms with Crippen LogP contribution in [-0.4, -0.2) is 11.9 Å². The number of hydrogen-bond donors (Lipinski definition) is 2. The second-order valence-electron chi connectivity index (χ2n) is 4.90. The van der Waals surface area contributed by atoms with Crippen LogP contribution in [0.3, 0.4) is 0 Å². The first-order chi connectivity index (χ1) is 9.25. The van der Waals surface area contributed by atoms with E-state index in [1.807, 2.05) is 48.5 Å². The van der Waals surface area contributed by atoms with Crippen LogP contribution < -0.4 is 11.1 Å². The number of hydrogen-bond acceptors (Lipinski definition) is 2. The van der Waals surface area contributed by atoms with Gasteiger partial charge >= 0.3 is 0 Å². The fourth-order valence-electron chi connectivity index (χ4n) is 2.83. The first kappa shape index (κ1) is 11.8. The highest BCUT2D eigenvalue weighted by atomic mass is 16.1. The molecule has 96 valence electrons. The molecule has 19 heavy (non-hydrogen) atoms. The van der Waals surface area contributed by atoms with Crippen molar-refractivity contribution >= 4 is 11.6 Å². The standard InChI is InChI=1S/C16H16N2O/c17-16(19)15-13-9-5-4-6-11(13)10-14(15)18-12-7-2-1-3-8-12/h1-9,14-15,18H,10H2,(H2,17,19)/t14-,15?/m0/s1. The molecule has 0 aliphatic heterocycles. The lowest BCUT2D eigenvalue weighted by molar-refractivity contribution is -0.119. The van der Waals surface area contributed by atoms with E-state index in [2.05, 4.69) is 11.4 Å². The topological polar surface area (TPSA) is 55.1 Å². The molecule has 0 saturated heterocycles. The highest BCUT2D eigenvalue weighted by Crippen LogP contribution is 2.34. The highest BCUT2D eigenvalue weighted by Gasteiger charge is 2.35. The van der Waals surface area contributed by atoms with Crippen molar-refractivity contribution in [1.82, 2.24) is 0 Å². The van der Waals surface area contributed by atoms with Crippen LogP contribution in [0.5, 0.6) is 0 Å². The summed E-state index contributed by atoms with van der Waals surface area (Å²) in [6, 6.07) is 18.0. The molecular weight excluding hydrogens is 236 g/mol. The lowest BCUT2D eigenvalue weighted by Crippen LogP contribution is -2.33. The van der Waals surface area contributed by atoms with Gasteiger partial charge in [-0.3, -0.25) is 4.79 Å². The molecule has 0 radical (unpaired) electrons. The molecule has 0 heterocycles. The number of amides is 1. The summed E-state index contributed by atoms with van der Waals surface area (Å²) in [5.74, 6) is -0.519. The molecule has 2 aromatic rings. The Balaban J connectivity index is 1.89. The van der Waals surface area contributed by atoms with Crippen LogP contribution in [0.4, 0.5) is 5.69 Å². The number of nitrogens with two attached hydrogens (primary N) is 1. The number of para-hydroxylation sites is 1. The number of carbonyl (C=O) groups excluding carboxylic acids is 1. The van der Waals surface area contributed by atoms with E-state index in [1.165, 1.54) is 5.56 Å². The molecule has 2 atom stereocenters. The maximum atomic E-state index is 11.7. The third-order valence-corrected chi connectivity index (χ3v) is 3.66. The van der Waals surface area contributed by atoms with E-state index in [-0.39, 0.29) is 17.9 Å². The molecule has 2 aromatic carbocycles. The second kappa shape index (κ2) is 4.76. The average molecular weight is 252 g/mol. The van der Waals surface area contributed by atoms with Crippen LogP contribution in [0.2, 0.25) is 0 Å². The average Bonchev–Trinajstić information content (AvgIpc) is 2.77. The summed E-state index contributed by atoms with van der Waals surface area (Å²) in [4.78, 5) is 11.7. The molecule has 0 saturated carbocycles. The second-order valence-corrected chi connectivity index (χ2v) is 4.90. The Kier molecular flexibility index (Phi) is 2.95. The van der Waals surface area contributed by atoms with Gasteiger partial charge in [-0.25, -0.2) is 0 Å². The van der Waals surface area contributed by atoms with Gasteiger partial charge in [0, 0.05) is 11.7 Å². The van der Waals surface area contributed by atoms with Gasteiger partial charge in [0.05, 0.1) is 5.92 Å². The van der Waals surface area contributed by atoms with Crippen LogP contribution in [-0.2, 0) is 11.2 Å². The molecule has 0 aromatic heterocycles. The lowest BCUT2D eigenvalue weighted by Gasteiger charge is -2.20. The molecule has 0 spiro atoms. The van der Waals surface area contributed by atoms with Crippen LogP contribution in [0.15, 0.2) is 54.6 Å². The van der Waals surface area contributed by atoms with Gasteiger partial charge in [0.15, 0.2) is 0 Å². The Morgan fingerprint density at radius 1 is 1.05 bits per heavy atom. The minimum atomic E-state index is -0.265. The van der Waals surface area contributed by atoms with Gasteiger partial charge in [0.25, 0.3) is 0 Å². The summed E-state index contributed by atoms with van der Waals surface area (Å²) in [7, 11) is 0. The molecule has 1 aliphatic rings. The van der Waals surface area contributed by atoms with Crippen molar-refractivity contribution in [2.24, 2.45) is 5.73 Å². The molecule has 3 N–H and O–H groups in total. The lowest BCUT2D eigenvalue weighted by atomic mass is 9.97. The monoisotopic (exact) mass is 252 g/mol. The quantitative estimate of drug-likeness (QED) is 0.880. The zero-order chi connectivity index (χ0) is 13.2. The van der Waals surface area contributed by atoms with Crippen molar-refractivity contribution in [2.75, 3.05) is 5.32 Å². The third kappa shape index (κ3) is 2.19. The Morgan fingerprint density at radius 2 is 1.74 bits per heavy atom. The van der Waals surface area contributed by atoms with Gasteiger partial charge in [-0.15, -0.1) is 0 Å². The minimum absolute atomic E-state index is 0.0392. The predicted molar refractivity (Wildman–Crippen MR) is 75.9 cm³/mol. The van der Waals surface area contributed by atoms with Gasteiger partial charge in [-0.05, 0) is 29.7 Å². The van der Waals surface area contributed by atoms with Crippen molar-refractivity contribution in [2.45, 2.75) is 18.4 Å². The first-order valence-corrected chi connectivity index (χ1v) is 6.44. The SMILES string of the molecule is NC(=O)C1c2ccccc2C[C@@H]1Nc1ccccc1. The normalized spacial score (nSPS) is 20.8. The van der Waals surface area contributed by atoms with E-state index >= 15 is 0 Å². The molecule has 3 rings (SSSR count). The largest absolute Gasteiger partial charge is 0.381 e. The summed E-state index contributed by atoms with van der Waals surface area (Å²) in [5, 5.41) is 3.42. The van der Waals surface area contributed by atoms with Crippen LogP contribution in [0, 0.1) is 0 Å². The van der Waals surface area contributed by atoms with Crippen molar-refractivity contribution in [1.29, 1.82) is 0 Å². The number of primary amides is 1. The van der Waals surface area contributed by atoms with Crippen LogP contribution in [0.1, 0.15) is 17.0 Å². The molecule has 3 heteroatoms. The fourth-order valence-corrected chi connectivity index (χ4v) is 2.83. The molecule has 1 unspecified atom stereocenters. The Morgan fingerprint density at radius 3 is 2.47 bits per heavy atom. The summed E-state index contributed by atoms with van der Waals surface area (Å²) in [6.07, 6.45) is 0.832. The van der Waals surface area contributed by atoms with Gasteiger partial charge in [0.2, 0.25) is 5.91 Å². The highest BCUT2D eigenvalue weighted by molar-refractivity contribution is 5.85. The predicted octanol–water partition coefficient (Wildman–Crippen LogP) is 2.29. The summed E-state index contributed by atoms with van der Waals surface area (Å²) in [6.45, 7) is 0. The smallest absolute Gasteiger partial charge is 0.227 e. The van der Waals surface area contributed by atoms with Gasteiger partial charge in [0.1, 0.15) is 0 Å². The Bertz CT molecular complexity index is 595. The van der Waals surface area contributed by atoms with Gasteiger partial charge < -0.3 is 11.1 Å². The number of carbonyl (C=O) groups is 1. The van der Waals surface area contributed by atoms with Crippen molar-refractivity contribution in [3.63, 3.8) is 0 Å². The van der Waals surface area contributed by atoms with E-state index in [0.29, 0.717) is 0 Å². The van der Waals surface area contributed by atoms with E-state index in [9.17, 15) is 4.79 Å². The first-order valence-electron chi connectivity index (χ1n) is 6.44. The van der Waals surface area contributed by atoms with E-state index in [1.54, 1.807) is 0 Å². The number of anilines is 1. The number of rotatable bonds is 3. The number of fused-ring (bicyclic) bond motifs is 1. The molecule has 0 fully saturated rings. The van der Waals surface area contributed by atoms with Gasteiger partial charge in [-0.2, -0.15) is 0 Å².